The Kier molecular flexibility index (Phi) is 3.64. The quantitative estimate of drug-likeness (QED) is 0.791. The van der Waals surface area contributed by atoms with Gasteiger partial charge in [-0.05, 0) is 55.5 Å². The zero-order valence-electron chi connectivity index (χ0n) is 14.5. The van der Waals surface area contributed by atoms with E-state index < -0.39 is 5.41 Å². The van der Waals surface area contributed by atoms with Crippen molar-refractivity contribution in [3.8, 4) is 0 Å². The maximum absolute atomic E-state index is 13.2. The number of amides is 1. The molecule has 1 unspecified atom stereocenters. The van der Waals surface area contributed by atoms with Crippen LogP contribution < -0.4 is 4.90 Å². The Morgan fingerprint density at radius 1 is 1.12 bits per heavy atom. The summed E-state index contributed by atoms with van der Waals surface area (Å²) in [6, 6.07) is 13.8. The summed E-state index contributed by atoms with van der Waals surface area (Å²) in [6.45, 7) is 2.77. The third kappa shape index (κ3) is 2.44. The first-order chi connectivity index (χ1) is 12.0. The van der Waals surface area contributed by atoms with Gasteiger partial charge >= 0.3 is 5.97 Å². The van der Waals surface area contributed by atoms with Crippen LogP contribution in [0.15, 0.2) is 42.5 Å². The molecule has 2 aliphatic rings. The van der Waals surface area contributed by atoms with Gasteiger partial charge in [0.1, 0.15) is 0 Å². The lowest BCUT2D eigenvalue weighted by Crippen LogP contribution is -2.35. The lowest BCUT2D eigenvalue weighted by atomic mass is 9.83. The average molecular weight is 335 g/mol. The fraction of sp³-hybridized carbons (Fsp3) is 0.333. The van der Waals surface area contributed by atoms with Gasteiger partial charge in [0, 0.05) is 12.2 Å². The van der Waals surface area contributed by atoms with E-state index in [0.717, 1.165) is 29.8 Å². The van der Waals surface area contributed by atoms with E-state index in [0.29, 0.717) is 18.4 Å². The molecule has 2 aromatic carbocycles. The molecule has 1 fully saturated rings. The first kappa shape index (κ1) is 15.9. The van der Waals surface area contributed by atoms with E-state index in [1.165, 1.54) is 12.7 Å². The lowest BCUT2D eigenvalue weighted by molar-refractivity contribution is -0.125. The van der Waals surface area contributed by atoms with Gasteiger partial charge in [0.15, 0.2) is 0 Å². The minimum Gasteiger partial charge on any atom is -0.465 e. The van der Waals surface area contributed by atoms with Crippen molar-refractivity contribution in [3.05, 3.63) is 64.7 Å². The van der Waals surface area contributed by atoms with Crippen LogP contribution in [0.3, 0.4) is 0 Å². The summed E-state index contributed by atoms with van der Waals surface area (Å²) in [4.78, 5) is 27.2. The third-order valence-electron chi connectivity index (χ3n) is 5.58. The molecular weight excluding hydrogens is 314 g/mol. The van der Waals surface area contributed by atoms with Crippen molar-refractivity contribution in [3.63, 3.8) is 0 Å². The highest BCUT2D eigenvalue weighted by Gasteiger charge is 2.51. The van der Waals surface area contributed by atoms with Crippen LogP contribution in [0.5, 0.6) is 0 Å². The highest BCUT2D eigenvalue weighted by Crippen LogP contribution is 2.46. The molecule has 1 aliphatic heterocycles. The predicted molar refractivity (Wildman–Crippen MR) is 95.8 cm³/mol. The molecule has 4 nitrogen and oxygen atoms in total. The number of hydrogen-bond donors (Lipinski definition) is 0. The number of rotatable bonds is 2. The minimum absolute atomic E-state index is 0.170. The normalized spacial score (nSPS) is 21.7. The number of nitrogens with zero attached hydrogens (tertiary/aromatic N) is 1. The molecule has 0 bridgehead atoms. The zero-order valence-corrected chi connectivity index (χ0v) is 14.5. The van der Waals surface area contributed by atoms with Crippen molar-refractivity contribution in [1.82, 2.24) is 0 Å². The molecule has 1 heterocycles. The second-order valence-corrected chi connectivity index (χ2v) is 7.11. The smallest absolute Gasteiger partial charge is 0.338 e. The zero-order chi connectivity index (χ0) is 17.6. The topological polar surface area (TPSA) is 46.6 Å². The highest BCUT2D eigenvalue weighted by atomic mass is 16.5. The first-order valence-electron chi connectivity index (χ1n) is 8.62. The molecule has 2 aromatic rings. The van der Waals surface area contributed by atoms with E-state index >= 15 is 0 Å². The van der Waals surface area contributed by atoms with E-state index in [1.807, 2.05) is 48.2 Å². The number of carbonyl (C=O) groups is 2. The van der Waals surface area contributed by atoms with Gasteiger partial charge in [-0.2, -0.15) is 0 Å². The second-order valence-electron chi connectivity index (χ2n) is 7.11. The van der Waals surface area contributed by atoms with Crippen molar-refractivity contribution in [1.29, 1.82) is 0 Å². The number of aryl methyl sites for hydroxylation is 1. The number of hydrogen-bond acceptors (Lipinski definition) is 3. The molecule has 1 saturated heterocycles. The number of anilines is 1. The predicted octanol–water partition coefficient (Wildman–Crippen LogP) is 3.30. The van der Waals surface area contributed by atoms with Gasteiger partial charge in [0.2, 0.25) is 5.91 Å². The van der Waals surface area contributed by atoms with Gasteiger partial charge in [0.25, 0.3) is 0 Å². The third-order valence-corrected chi connectivity index (χ3v) is 5.58. The van der Waals surface area contributed by atoms with Crippen LogP contribution in [0.4, 0.5) is 5.69 Å². The fourth-order valence-corrected chi connectivity index (χ4v) is 4.20. The largest absolute Gasteiger partial charge is 0.465 e. The Labute approximate surface area is 147 Å². The van der Waals surface area contributed by atoms with E-state index in [9.17, 15) is 9.59 Å². The van der Waals surface area contributed by atoms with Crippen LogP contribution in [-0.2, 0) is 22.4 Å². The molecule has 25 heavy (non-hydrogen) atoms. The molecule has 1 aliphatic carbocycles. The Balaban J connectivity index is 1.65. The molecular formula is C21H21NO3. The highest BCUT2D eigenvalue weighted by molar-refractivity contribution is 6.01. The summed E-state index contributed by atoms with van der Waals surface area (Å²) in [7, 11) is 1.40. The van der Waals surface area contributed by atoms with E-state index in [4.69, 9.17) is 4.74 Å². The standard InChI is InChI=1S/C21H21NO3/c1-14-6-8-16(9-7-14)22-11-10-21(20(22)24)12-15-4-3-5-17(18(15)13-21)19(23)25-2/h3-9H,10-13H2,1-2H3. The summed E-state index contributed by atoms with van der Waals surface area (Å²) >= 11 is 0. The molecule has 4 heteroatoms. The van der Waals surface area contributed by atoms with E-state index in [2.05, 4.69) is 0 Å². The monoisotopic (exact) mass is 335 g/mol. The van der Waals surface area contributed by atoms with Crippen LogP contribution in [0.2, 0.25) is 0 Å². The number of methoxy groups -OCH3 is 1. The van der Waals surface area contributed by atoms with Gasteiger partial charge in [0.05, 0.1) is 18.1 Å². The number of ether oxygens (including phenoxy) is 1. The van der Waals surface area contributed by atoms with Crippen molar-refractivity contribution < 1.29 is 14.3 Å². The van der Waals surface area contributed by atoms with Crippen LogP contribution in [-0.4, -0.2) is 25.5 Å². The number of esters is 1. The molecule has 0 N–H and O–H groups in total. The van der Waals surface area contributed by atoms with Crippen molar-refractivity contribution >= 4 is 17.6 Å². The summed E-state index contributed by atoms with van der Waals surface area (Å²) in [6.07, 6.45) is 2.14. The van der Waals surface area contributed by atoms with Crippen LogP contribution >= 0.6 is 0 Å². The molecule has 0 aromatic heterocycles. The molecule has 0 radical (unpaired) electrons. The number of benzene rings is 2. The number of fused-ring (bicyclic) bond motifs is 1. The summed E-state index contributed by atoms with van der Waals surface area (Å²) in [5.74, 6) is -0.155. The first-order valence-corrected chi connectivity index (χ1v) is 8.62. The average Bonchev–Trinajstić information content (AvgIpc) is 3.16. The molecule has 128 valence electrons. The van der Waals surface area contributed by atoms with Crippen molar-refractivity contribution in [2.45, 2.75) is 26.2 Å². The van der Waals surface area contributed by atoms with Crippen molar-refractivity contribution in [2.24, 2.45) is 5.41 Å². The lowest BCUT2D eigenvalue weighted by Gasteiger charge is -2.23. The molecule has 0 saturated carbocycles. The van der Waals surface area contributed by atoms with E-state index in [-0.39, 0.29) is 11.9 Å². The molecule has 4 rings (SSSR count). The SMILES string of the molecule is COC(=O)c1cccc2c1CC1(CCN(c3ccc(C)cc3)C1=O)C2. The number of carbonyl (C=O) groups excluding carboxylic acids is 2. The minimum atomic E-state index is -0.419. The maximum atomic E-state index is 13.2. The van der Waals surface area contributed by atoms with Crippen molar-refractivity contribution in [2.75, 3.05) is 18.6 Å². The van der Waals surface area contributed by atoms with Gasteiger partial charge in [-0.1, -0.05) is 29.8 Å². The molecule has 1 amide bonds. The van der Waals surface area contributed by atoms with Gasteiger partial charge in [-0.25, -0.2) is 4.79 Å². The van der Waals surface area contributed by atoms with Crippen LogP contribution in [0.25, 0.3) is 0 Å². The summed E-state index contributed by atoms with van der Waals surface area (Å²) < 4.78 is 4.91. The maximum Gasteiger partial charge on any atom is 0.338 e. The van der Waals surface area contributed by atoms with E-state index in [1.54, 1.807) is 6.07 Å². The summed E-state index contributed by atoms with van der Waals surface area (Å²) in [5.41, 5.74) is 4.39. The Hall–Kier alpha value is -2.62. The molecule has 1 atom stereocenters. The fourth-order valence-electron chi connectivity index (χ4n) is 4.20. The second kappa shape index (κ2) is 5.73. The van der Waals surface area contributed by atoms with Crippen LogP contribution in [0.1, 0.15) is 33.5 Å². The van der Waals surface area contributed by atoms with Gasteiger partial charge < -0.3 is 9.64 Å². The molecule has 1 spiro atoms. The van der Waals surface area contributed by atoms with Gasteiger partial charge in [-0.15, -0.1) is 0 Å². The Morgan fingerprint density at radius 3 is 2.60 bits per heavy atom. The van der Waals surface area contributed by atoms with Gasteiger partial charge in [-0.3, -0.25) is 4.79 Å². The Morgan fingerprint density at radius 2 is 1.88 bits per heavy atom. The van der Waals surface area contributed by atoms with Crippen LogP contribution in [0, 0.1) is 12.3 Å². The Bertz CT molecular complexity index is 856. The summed E-state index contributed by atoms with van der Waals surface area (Å²) in [5, 5.41) is 0.